The van der Waals surface area contributed by atoms with E-state index in [0.717, 1.165) is 118 Å². The van der Waals surface area contributed by atoms with Crippen LogP contribution in [0.3, 0.4) is 0 Å². The smallest absolute Gasteiger partial charge is 0.219 e. The highest BCUT2D eigenvalue weighted by Gasteiger charge is 2.28. The molecule has 3 aliphatic heterocycles. The zero-order valence-corrected chi connectivity index (χ0v) is 58.9. The molecule has 9 heterocycles. The van der Waals surface area contributed by atoms with E-state index in [1.807, 2.05) is 43.7 Å². The van der Waals surface area contributed by atoms with Crippen molar-refractivity contribution < 1.29 is 32.2 Å². The summed E-state index contributed by atoms with van der Waals surface area (Å²) in [7, 11) is 0. The van der Waals surface area contributed by atoms with Crippen molar-refractivity contribution in [2.45, 2.75) is 110 Å². The molecule has 516 valence electrons. The number of hydrogen-bond donors (Lipinski definition) is 3. The van der Waals surface area contributed by atoms with Crippen LogP contribution in [-0.4, -0.2) is 117 Å². The summed E-state index contributed by atoms with van der Waals surface area (Å²) in [6.07, 6.45) is 20.1. The predicted molar refractivity (Wildman–Crippen MR) is 377 cm³/mol. The van der Waals surface area contributed by atoms with Crippen molar-refractivity contribution in [3.05, 3.63) is 175 Å². The van der Waals surface area contributed by atoms with Crippen molar-refractivity contribution in [2.24, 2.45) is 0 Å². The molecule has 9 aromatic rings. The van der Waals surface area contributed by atoms with Gasteiger partial charge in [0.15, 0.2) is 34.7 Å². The molecule has 0 aliphatic carbocycles. The Labute approximate surface area is 596 Å². The number of halogens is 9. The van der Waals surface area contributed by atoms with E-state index in [1.54, 1.807) is 76.9 Å². The van der Waals surface area contributed by atoms with Gasteiger partial charge in [-0.3, -0.25) is 23.7 Å². The lowest BCUT2D eigenvalue weighted by atomic mass is 10.1. The molecule has 6 N–H and O–H groups in total. The van der Waals surface area contributed by atoms with E-state index < -0.39 is 35.8 Å². The number of piperidine rings is 3. The van der Waals surface area contributed by atoms with Crippen molar-refractivity contribution >= 4 is 93.0 Å². The Kier molecular flexibility index (Phi) is 24.3. The van der Waals surface area contributed by atoms with Crippen LogP contribution in [-0.2, 0) is 4.79 Å². The van der Waals surface area contributed by atoms with Gasteiger partial charge in [-0.15, -0.1) is 0 Å². The van der Waals surface area contributed by atoms with Gasteiger partial charge in [0.05, 0.1) is 64.4 Å². The minimum absolute atomic E-state index is 0.0666. The molecule has 3 aliphatic rings. The van der Waals surface area contributed by atoms with Gasteiger partial charge in [-0.05, 0) is 120 Å². The number of rotatable bonds is 17. The molecule has 0 radical (unpaired) electrons. The third kappa shape index (κ3) is 17.3. The van der Waals surface area contributed by atoms with Gasteiger partial charge in [0.25, 0.3) is 0 Å². The number of carbonyl (C=O) groups excluding carboxylic acids is 1. The number of nitrogen functional groups attached to an aromatic ring is 3. The van der Waals surface area contributed by atoms with E-state index in [1.165, 1.54) is 36.4 Å². The minimum atomic E-state index is -0.658. The lowest BCUT2D eigenvalue weighted by Gasteiger charge is -2.31. The summed E-state index contributed by atoms with van der Waals surface area (Å²) in [5, 5.41) is 23.2. The Bertz CT molecular complexity index is 4320. The van der Waals surface area contributed by atoms with E-state index in [-0.39, 0.29) is 50.5 Å². The van der Waals surface area contributed by atoms with Crippen molar-refractivity contribution in [1.29, 1.82) is 5.26 Å². The number of nitrogens with zero attached hydrogens (tertiary/aromatic N) is 13. The van der Waals surface area contributed by atoms with Crippen LogP contribution in [0.5, 0.6) is 17.2 Å². The molecule has 3 unspecified atom stereocenters. The zero-order valence-electron chi connectivity index (χ0n) is 54.3. The third-order valence-corrected chi connectivity index (χ3v) is 19.8. The number of nitrogens with two attached hydrogens (primary N) is 3. The maximum atomic E-state index is 13.9. The minimum Gasteiger partial charge on any atom is -0.482 e. The number of aromatic nitrogens is 9. The first-order valence-corrected chi connectivity index (χ1v) is 34.1. The maximum absolute atomic E-state index is 13.9. The number of benzene rings is 3. The lowest BCUT2D eigenvalue weighted by molar-refractivity contribution is -0.130. The lowest BCUT2D eigenvalue weighted by Crippen LogP contribution is -2.37. The highest BCUT2D eigenvalue weighted by molar-refractivity contribution is 6.37. The zero-order chi connectivity index (χ0) is 70.1. The molecule has 0 spiro atoms. The Morgan fingerprint density at radius 2 is 0.816 bits per heavy atom. The van der Waals surface area contributed by atoms with E-state index in [4.69, 9.17) is 106 Å². The summed E-state index contributed by atoms with van der Waals surface area (Å²) in [5.41, 5.74) is 24.2. The van der Waals surface area contributed by atoms with E-state index in [2.05, 4.69) is 53.0 Å². The molecule has 3 atom stereocenters. The van der Waals surface area contributed by atoms with Gasteiger partial charge in [-0.1, -0.05) is 76.5 Å². The van der Waals surface area contributed by atoms with Crippen LogP contribution in [0.2, 0.25) is 30.1 Å². The fourth-order valence-corrected chi connectivity index (χ4v) is 14.1. The molecule has 1 amide bonds. The number of anilines is 3. The number of likely N-dealkylation sites (tertiary alicyclic amines) is 3. The van der Waals surface area contributed by atoms with Crippen LogP contribution >= 0.6 is 69.6 Å². The van der Waals surface area contributed by atoms with Crippen LogP contribution in [0.4, 0.5) is 30.6 Å². The van der Waals surface area contributed by atoms with E-state index in [9.17, 15) is 18.0 Å². The number of carbonyl (C=O) groups is 1. The van der Waals surface area contributed by atoms with E-state index in [0.29, 0.717) is 61.6 Å². The number of amides is 1. The third-order valence-electron chi connectivity index (χ3n) is 17.7. The predicted octanol–water partition coefficient (Wildman–Crippen LogP) is 16.3. The molecule has 98 heavy (non-hydrogen) atoms. The summed E-state index contributed by atoms with van der Waals surface area (Å²) in [6.45, 7) is 15.9. The van der Waals surface area contributed by atoms with Crippen LogP contribution in [0.1, 0.15) is 126 Å². The molecular formula is C69H73Cl6F3N16O4. The van der Waals surface area contributed by atoms with Gasteiger partial charge in [-0.25, -0.2) is 28.1 Å². The molecule has 3 fully saturated rings. The number of hydrogen-bond acceptors (Lipinski definition) is 16. The van der Waals surface area contributed by atoms with Crippen LogP contribution in [0.15, 0.2) is 110 Å². The SMILES string of the molecule is CC(=O)N1CCC(n2cc(-c3cnc(N)c(OC(C)c4c(Cl)ccc(F)c4Cl)c3)cn2)CC1.CC(Oc1cc(-c2cnn(C3CCN(CC#N)CC3)c2)cnc1N)c1c(Cl)ccc(F)c1Cl.CCN1CCC(n2cc(-c3cnc(N)c(OC(C)c4c(Cl)ccc(F)c4Cl)c3)cn2)CC1. The van der Waals surface area contributed by atoms with Crippen LogP contribution < -0.4 is 31.4 Å². The van der Waals surface area contributed by atoms with Crippen molar-refractivity contribution in [3.8, 4) is 56.7 Å². The molecule has 12 rings (SSSR count). The Balaban J connectivity index is 0.000000159. The Morgan fingerprint density at radius 1 is 0.510 bits per heavy atom. The molecule has 29 heteroatoms. The second-order valence-electron chi connectivity index (χ2n) is 24.1. The largest absolute Gasteiger partial charge is 0.482 e. The summed E-state index contributed by atoms with van der Waals surface area (Å²) in [5.74, 6) is 0.0606. The first-order valence-electron chi connectivity index (χ1n) is 31.9. The normalized spacial score (nSPS) is 15.9. The summed E-state index contributed by atoms with van der Waals surface area (Å²) >= 11 is 37.0. The molecule has 0 saturated carbocycles. The average Bonchev–Trinajstić information content (AvgIpc) is 1.50. The van der Waals surface area contributed by atoms with Crippen molar-refractivity contribution in [1.82, 2.24) is 59.0 Å². The van der Waals surface area contributed by atoms with Gasteiger partial charge in [-0.2, -0.15) is 20.6 Å². The van der Waals surface area contributed by atoms with Gasteiger partial charge in [0.2, 0.25) is 5.91 Å². The highest BCUT2D eigenvalue weighted by atomic mass is 35.5. The molecule has 0 bridgehead atoms. The van der Waals surface area contributed by atoms with Gasteiger partial charge < -0.3 is 41.2 Å². The van der Waals surface area contributed by atoms with Gasteiger partial charge in [0, 0.05) is 149 Å². The second kappa shape index (κ2) is 32.7. The number of pyridine rings is 3. The quantitative estimate of drug-likeness (QED) is 0.0566. The maximum Gasteiger partial charge on any atom is 0.219 e. The number of nitriles is 1. The Hall–Kier alpha value is -8.05. The number of ether oxygens (including phenoxy) is 3. The summed E-state index contributed by atoms with van der Waals surface area (Å²) < 4.78 is 65.7. The first-order chi connectivity index (χ1) is 47.0. The molecule has 3 saturated heterocycles. The van der Waals surface area contributed by atoms with Crippen molar-refractivity contribution in [3.63, 3.8) is 0 Å². The van der Waals surface area contributed by atoms with E-state index >= 15 is 0 Å². The van der Waals surface area contributed by atoms with Crippen LogP contribution in [0.25, 0.3) is 33.4 Å². The topological polar surface area (TPSA) is 248 Å². The monoisotopic (exact) mass is 1460 g/mol. The molecule has 6 aromatic heterocycles. The Morgan fingerprint density at radius 3 is 1.11 bits per heavy atom. The molecule has 3 aromatic carbocycles. The summed E-state index contributed by atoms with van der Waals surface area (Å²) in [6, 6.07) is 16.4. The standard InChI is InChI=1S/C23H23Cl2FN6O.C23H24Cl2FN5O2.C23H26Cl2FN5O/c1-14(21-18(24)2-3-19(26)22(21)25)33-20-10-15(11-29-23(20)28)16-12-30-32(13-16)17-4-7-31(8-5-17)9-6-27;1-13(21-18(24)3-4-19(26)22(21)25)33-20-9-15(10-28-23(20)27)16-11-29-31(12-16)17-5-7-30(8-6-17)14(2)32;1-3-30-8-6-17(7-9-30)31-13-16(12-29-31)15-10-20(23(27)28-11-15)32-14(2)21-18(24)4-5-19(26)22(21)25/h2-3,10-14,17H,4-5,7-9H2,1H3,(H2,28,29);3-4,9-13,17H,5-8H2,1-2H3,(H2,27,28);4-5,10-14,17H,3,6-9H2,1-2H3,(H2,27,28). The molecular weight excluding hydrogens is 1390 g/mol. The average molecular weight is 1460 g/mol. The fraction of sp³-hybridized carbons (Fsp3) is 0.362. The first kappa shape index (κ1) is 72.7. The van der Waals surface area contributed by atoms with Crippen molar-refractivity contribution in [2.75, 3.05) is 69.6 Å². The summed E-state index contributed by atoms with van der Waals surface area (Å²) in [4.78, 5) is 30.8. The van der Waals surface area contributed by atoms with Gasteiger partial charge in [0.1, 0.15) is 35.8 Å². The van der Waals surface area contributed by atoms with Crippen LogP contribution in [0, 0.1) is 28.8 Å². The van der Waals surface area contributed by atoms with Gasteiger partial charge >= 0.3 is 0 Å². The fourth-order valence-electron chi connectivity index (χ4n) is 12.1. The second-order valence-corrected chi connectivity index (χ2v) is 26.4. The highest BCUT2D eigenvalue weighted by Crippen LogP contribution is 2.42. The molecule has 20 nitrogen and oxygen atoms in total.